The molecule has 0 radical (unpaired) electrons. The van der Waals surface area contributed by atoms with Crippen LogP contribution in [-0.2, 0) is 24.3 Å². The normalized spacial score (nSPS) is 16.2. The summed E-state index contributed by atoms with van der Waals surface area (Å²) in [5.41, 5.74) is 1.72. The number of sulfonamides is 1. The number of nitrogens with one attached hydrogen (secondary N) is 1. The number of ether oxygens (including phenoxy) is 1. The van der Waals surface area contributed by atoms with Gasteiger partial charge < -0.3 is 10.1 Å². The van der Waals surface area contributed by atoms with Crippen molar-refractivity contribution in [2.75, 3.05) is 13.2 Å². The molecule has 9 heteroatoms. The van der Waals surface area contributed by atoms with Crippen LogP contribution in [0.3, 0.4) is 0 Å². The Morgan fingerprint density at radius 3 is 2.11 bits per heavy atom. The smallest absolute Gasteiger partial charge is 0.324 e. The standard InChI is InChI=1S/C26H25FN2O5S/c27-21-14-7-8-16-23(21)35(32,33)29-17-9-15-22(29)26(31)34-18-24(30)28-25(19-10-3-1-4-11-19)20-12-5-2-6-13-20/h1-8,10-14,16,22,25H,9,15,17-18H2,(H,28,30)/t22-/m0/s1. The zero-order valence-electron chi connectivity index (χ0n) is 18.8. The Bertz CT molecular complexity index is 1250. The van der Waals surface area contributed by atoms with Gasteiger partial charge >= 0.3 is 5.97 Å². The molecule has 1 atom stereocenters. The maximum Gasteiger partial charge on any atom is 0.324 e. The first-order valence-electron chi connectivity index (χ1n) is 11.2. The van der Waals surface area contributed by atoms with E-state index in [1.54, 1.807) is 0 Å². The van der Waals surface area contributed by atoms with Gasteiger partial charge in [0.15, 0.2) is 6.61 Å². The fraction of sp³-hybridized carbons (Fsp3) is 0.231. The molecule has 1 N–H and O–H groups in total. The first-order chi connectivity index (χ1) is 16.9. The average molecular weight is 497 g/mol. The van der Waals surface area contributed by atoms with Crippen LogP contribution in [0, 0.1) is 5.82 Å². The van der Waals surface area contributed by atoms with Crippen molar-refractivity contribution in [2.45, 2.75) is 29.8 Å². The highest BCUT2D eigenvalue weighted by Gasteiger charge is 2.41. The number of carbonyl (C=O) groups excluding carboxylic acids is 2. The van der Waals surface area contributed by atoms with Crippen LogP contribution < -0.4 is 5.32 Å². The molecule has 0 saturated carbocycles. The molecular formula is C26H25FN2O5S. The minimum absolute atomic E-state index is 0.0622. The largest absolute Gasteiger partial charge is 0.454 e. The zero-order chi connectivity index (χ0) is 24.8. The van der Waals surface area contributed by atoms with E-state index in [9.17, 15) is 22.4 Å². The molecule has 1 aliphatic rings. The van der Waals surface area contributed by atoms with Gasteiger partial charge in [-0.25, -0.2) is 12.8 Å². The lowest BCUT2D eigenvalue weighted by Gasteiger charge is -2.23. The highest BCUT2D eigenvalue weighted by atomic mass is 32.2. The summed E-state index contributed by atoms with van der Waals surface area (Å²) in [5.74, 6) is -2.26. The Hall–Kier alpha value is -3.56. The molecule has 3 aromatic rings. The fourth-order valence-corrected chi connectivity index (χ4v) is 5.84. The third kappa shape index (κ3) is 5.58. The number of nitrogens with zero attached hydrogens (tertiary/aromatic N) is 1. The second-order valence-electron chi connectivity index (χ2n) is 8.13. The van der Waals surface area contributed by atoms with E-state index in [4.69, 9.17) is 4.74 Å². The topological polar surface area (TPSA) is 92.8 Å². The van der Waals surface area contributed by atoms with Gasteiger partial charge in [-0.05, 0) is 36.1 Å². The molecule has 0 unspecified atom stereocenters. The third-order valence-electron chi connectivity index (χ3n) is 5.82. The molecule has 4 rings (SSSR count). The maximum atomic E-state index is 14.1. The minimum atomic E-state index is -4.24. The maximum absolute atomic E-state index is 14.1. The molecule has 1 heterocycles. The second-order valence-corrected chi connectivity index (χ2v) is 9.99. The molecular weight excluding hydrogens is 471 g/mol. The predicted octanol–water partition coefficient (Wildman–Crippen LogP) is 3.43. The van der Waals surface area contributed by atoms with Gasteiger partial charge in [0, 0.05) is 6.54 Å². The number of hydrogen-bond acceptors (Lipinski definition) is 5. The number of esters is 1. The number of benzene rings is 3. The summed E-state index contributed by atoms with van der Waals surface area (Å²) in [6, 6.07) is 22.2. The number of carbonyl (C=O) groups is 2. The number of rotatable bonds is 8. The lowest BCUT2D eigenvalue weighted by Crippen LogP contribution is -2.42. The van der Waals surface area contributed by atoms with Gasteiger partial charge in [0.1, 0.15) is 16.8 Å². The van der Waals surface area contributed by atoms with E-state index in [1.165, 1.54) is 12.1 Å². The highest BCUT2D eigenvalue weighted by molar-refractivity contribution is 7.89. The van der Waals surface area contributed by atoms with Crippen LogP contribution in [0.15, 0.2) is 89.8 Å². The molecule has 0 aromatic heterocycles. The Morgan fingerprint density at radius 2 is 1.51 bits per heavy atom. The fourth-order valence-electron chi connectivity index (χ4n) is 4.13. The van der Waals surface area contributed by atoms with Crippen LogP contribution in [-0.4, -0.2) is 43.8 Å². The quantitative estimate of drug-likeness (QED) is 0.483. The van der Waals surface area contributed by atoms with Gasteiger partial charge in [-0.2, -0.15) is 4.31 Å². The summed E-state index contributed by atoms with van der Waals surface area (Å²) >= 11 is 0. The van der Waals surface area contributed by atoms with Crippen LogP contribution >= 0.6 is 0 Å². The monoisotopic (exact) mass is 496 g/mol. The van der Waals surface area contributed by atoms with Crippen LogP contribution in [0.5, 0.6) is 0 Å². The lowest BCUT2D eigenvalue weighted by molar-refractivity contribution is -0.151. The average Bonchev–Trinajstić information content (AvgIpc) is 3.38. The van der Waals surface area contributed by atoms with Gasteiger partial charge in [0.2, 0.25) is 10.0 Å². The van der Waals surface area contributed by atoms with Crippen molar-refractivity contribution in [3.05, 3.63) is 102 Å². The number of halogens is 1. The van der Waals surface area contributed by atoms with Crippen molar-refractivity contribution in [1.82, 2.24) is 9.62 Å². The summed E-state index contributed by atoms with van der Waals surface area (Å²) in [4.78, 5) is 24.9. The van der Waals surface area contributed by atoms with Crippen molar-refractivity contribution in [2.24, 2.45) is 0 Å². The third-order valence-corrected chi connectivity index (χ3v) is 7.76. The van der Waals surface area contributed by atoms with E-state index in [-0.39, 0.29) is 13.0 Å². The Labute approximate surface area is 203 Å². The zero-order valence-corrected chi connectivity index (χ0v) is 19.7. The number of hydrogen-bond donors (Lipinski definition) is 1. The van der Waals surface area contributed by atoms with E-state index in [1.807, 2.05) is 60.7 Å². The van der Waals surface area contributed by atoms with Crippen LogP contribution in [0.4, 0.5) is 4.39 Å². The molecule has 3 aromatic carbocycles. The van der Waals surface area contributed by atoms with Crippen molar-refractivity contribution >= 4 is 21.9 Å². The minimum Gasteiger partial charge on any atom is -0.454 e. The molecule has 1 fully saturated rings. The van der Waals surface area contributed by atoms with E-state index >= 15 is 0 Å². The molecule has 0 spiro atoms. The number of amides is 1. The molecule has 1 aliphatic heterocycles. The van der Waals surface area contributed by atoms with E-state index in [0.29, 0.717) is 6.42 Å². The van der Waals surface area contributed by atoms with Crippen LogP contribution in [0.1, 0.15) is 30.0 Å². The molecule has 0 aliphatic carbocycles. The summed E-state index contributed by atoms with van der Waals surface area (Å²) in [5, 5.41) is 2.87. The van der Waals surface area contributed by atoms with Gasteiger partial charge in [0.25, 0.3) is 5.91 Å². The summed E-state index contributed by atoms with van der Waals surface area (Å²) < 4.78 is 46.2. The highest BCUT2D eigenvalue weighted by Crippen LogP contribution is 2.28. The molecule has 1 amide bonds. The van der Waals surface area contributed by atoms with Gasteiger partial charge in [-0.15, -0.1) is 0 Å². The first kappa shape index (κ1) is 24.6. The van der Waals surface area contributed by atoms with Gasteiger partial charge in [-0.3, -0.25) is 9.59 Å². The van der Waals surface area contributed by atoms with Crippen LogP contribution in [0.2, 0.25) is 0 Å². The Balaban J connectivity index is 1.43. The van der Waals surface area contributed by atoms with Crippen molar-refractivity contribution < 1.29 is 27.1 Å². The molecule has 35 heavy (non-hydrogen) atoms. The Kier molecular flexibility index (Phi) is 7.57. The summed E-state index contributed by atoms with van der Waals surface area (Å²) in [7, 11) is -4.24. The van der Waals surface area contributed by atoms with Crippen LogP contribution in [0.25, 0.3) is 0 Å². The first-order valence-corrected chi connectivity index (χ1v) is 12.6. The van der Waals surface area contributed by atoms with Crippen molar-refractivity contribution in [1.29, 1.82) is 0 Å². The van der Waals surface area contributed by atoms with Crippen molar-refractivity contribution in [3.8, 4) is 0 Å². The van der Waals surface area contributed by atoms with E-state index < -0.39 is 51.3 Å². The summed E-state index contributed by atoms with van der Waals surface area (Å²) in [6.45, 7) is -0.508. The predicted molar refractivity (Wildman–Crippen MR) is 127 cm³/mol. The van der Waals surface area contributed by atoms with Gasteiger partial charge in [0.05, 0.1) is 6.04 Å². The Morgan fingerprint density at radius 1 is 0.943 bits per heavy atom. The lowest BCUT2D eigenvalue weighted by atomic mass is 9.99. The van der Waals surface area contributed by atoms with E-state index in [2.05, 4.69) is 5.32 Å². The molecule has 0 bridgehead atoms. The molecule has 7 nitrogen and oxygen atoms in total. The SMILES string of the molecule is O=C(COC(=O)[C@@H]1CCCN1S(=O)(=O)c1ccccc1F)NC(c1ccccc1)c1ccccc1. The van der Waals surface area contributed by atoms with Crippen molar-refractivity contribution in [3.63, 3.8) is 0 Å². The molecule has 182 valence electrons. The molecule has 1 saturated heterocycles. The van der Waals surface area contributed by atoms with Gasteiger partial charge in [-0.1, -0.05) is 72.8 Å². The second kappa shape index (κ2) is 10.8. The summed E-state index contributed by atoms with van der Waals surface area (Å²) in [6.07, 6.45) is 0.647. The van der Waals surface area contributed by atoms with E-state index in [0.717, 1.165) is 27.6 Å².